The van der Waals surface area contributed by atoms with Gasteiger partial charge in [0.15, 0.2) is 11.6 Å². The molecular formula is C26H33FN8. The molecule has 3 aliphatic rings. The molecule has 2 fully saturated rings. The maximum atomic E-state index is 13.5. The second-order valence-corrected chi connectivity index (χ2v) is 9.77. The number of rotatable bonds is 6. The average molecular weight is 477 g/mol. The Morgan fingerprint density at radius 1 is 0.914 bits per heavy atom. The van der Waals surface area contributed by atoms with Crippen LogP contribution in [0.4, 0.5) is 21.7 Å². The van der Waals surface area contributed by atoms with Crippen molar-refractivity contribution < 1.29 is 4.39 Å². The fourth-order valence-electron chi connectivity index (χ4n) is 5.58. The van der Waals surface area contributed by atoms with E-state index in [1.54, 1.807) is 6.33 Å². The van der Waals surface area contributed by atoms with Gasteiger partial charge in [-0.2, -0.15) is 0 Å². The average Bonchev–Trinajstić information content (AvgIpc) is 3.58. The molecule has 8 nitrogen and oxygen atoms in total. The summed E-state index contributed by atoms with van der Waals surface area (Å²) in [5.74, 6) is 3.22. The van der Waals surface area contributed by atoms with Gasteiger partial charge in [-0.1, -0.05) is 0 Å². The van der Waals surface area contributed by atoms with Crippen LogP contribution in [0.2, 0.25) is 0 Å². The van der Waals surface area contributed by atoms with E-state index < -0.39 is 0 Å². The number of anilines is 3. The van der Waals surface area contributed by atoms with Gasteiger partial charge in [0.2, 0.25) is 0 Å². The molecule has 9 heteroatoms. The number of nitrogens with one attached hydrogen (secondary N) is 2. The van der Waals surface area contributed by atoms with Crippen LogP contribution in [0.15, 0.2) is 36.8 Å². The SMILES string of the molecule is Fc1ccc(-c2cn(CCN3CCCC3)c(C3CCN(c4ncnc5c4NCCN5)CC3)n2)cc1. The molecule has 0 radical (unpaired) electrons. The van der Waals surface area contributed by atoms with Crippen LogP contribution in [0.1, 0.15) is 37.4 Å². The topological polar surface area (TPSA) is 74.1 Å². The van der Waals surface area contributed by atoms with Crippen LogP contribution in [0, 0.1) is 5.82 Å². The van der Waals surface area contributed by atoms with Crippen molar-refractivity contribution in [2.24, 2.45) is 0 Å². The molecule has 5 heterocycles. The fraction of sp³-hybridized carbons (Fsp3) is 0.500. The van der Waals surface area contributed by atoms with E-state index in [9.17, 15) is 4.39 Å². The lowest BCUT2D eigenvalue weighted by molar-refractivity contribution is 0.317. The first-order chi connectivity index (χ1) is 17.2. The third-order valence-corrected chi connectivity index (χ3v) is 7.51. The van der Waals surface area contributed by atoms with Crippen molar-refractivity contribution in [2.75, 3.05) is 61.3 Å². The number of piperidine rings is 1. The van der Waals surface area contributed by atoms with E-state index in [-0.39, 0.29) is 5.82 Å². The van der Waals surface area contributed by atoms with Crippen molar-refractivity contribution in [3.63, 3.8) is 0 Å². The minimum absolute atomic E-state index is 0.216. The Hall–Kier alpha value is -3.20. The van der Waals surface area contributed by atoms with Crippen molar-refractivity contribution in [3.05, 3.63) is 48.4 Å². The summed E-state index contributed by atoms with van der Waals surface area (Å²) in [6.07, 6.45) is 8.47. The smallest absolute Gasteiger partial charge is 0.157 e. The van der Waals surface area contributed by atoms with E-state index >= 15 is 0 Å². The molecule has 2 aromatic heterocycles. The highest BCUT2D eigenvalue weighted by Crippen LogP contribution is 2.36. The van der Waals surface area contributed by atoms with Gasteiger partial charge in [0, 0.05) is 56.9 Å². The molecular weight excluding hydrogens is 443 g/mol. The number of aromatic nitrogens is 4. The number of nitrogens with zero attached hydrogens (tertiary/aromatic N) is 6. The molecule has 3 aliphatic heterocycles. The van der Waals surface area contributed by atoms with Gasteiger partial charge in [-0.15, -0.1) is 0 Å². The molecule has 35 heavy (non-hydrogen) atoms. The number of hydrogen-bond donors (Lipinski definition) is 2. The standard InChI is InChI=1S/C26H33FN8/c27-21-5-3-19(4-6-21)22-17-35(16-15-33-11-1-2-12-33)25(32-22)20-7-13-34(14-8-20)26-23-24(30-18-31-26)29-10-9-28-23/h3-6,17-18,20,28H,1-2,7-16H2,(H,29,30,31). The van der Waals surface area contributed by atoms with E-state index in [2.05, 4.69) is 41.2 Å². The maximum Gasteiger partial charge on any atom is 0.157 e. The molecule has 0 saturated carbocycles. The molecule has 184 valence electrons. The molecule has 0 unspecified atom stereocenters. The quantitative estimate of drug-likeness (QED) is 0.561. The van der Waals surface area contributed by atoms with Crippen LogP contribution < -0.4 is 15.5 Å². The monoisotopic (exact) mass is 476 g/mol. The van der Waals surface area contributed by atoms with Gasteiger partial charge >= 0.3 is 0 Å². The molecule has 0 spiro atoms. The lowest BCUT2D eigenvalue weighted by Gasteiger charge is -2.34. The van der Waals surface area contributed by atoms with Gasteiger partial charge in [0.25, 0.3) is 0 Å². The zero-order chi connectivity index (χ0) is 23.6. The van der Waals surface area contributed by atoms with Gasteiger partial charge in [-0.3, -0.25) is 0 Å². The molecule has 2 saturated heterocycles. The van der Waals surface area contributed by atoms with Crippen molar-refractivity contribution in [3.8, 4) is 11.3 Å². The Kier molecular flexibility index (Phi) is 6.24. The molecule has 0 amide bonds. The molecule has 0 atom stereocenters. The number of likely N-dealkylation sites (tertiary alicyclic amines) is 1. The van der Waals surface area contributed by atoms with Crippen molar-refractivity contribution in [1.29, 1.82) is 0 Å². The zero-order valence-corrected chi connectivity index (χ0v) is 20.1. The molecule has 1 aromatic carbocycles. The number of fused-ring (bicyclic) bond motifs is 1. The van der Waals surface area contributed by atoms with Gasteiger partial charge < -0.3 is 25.0 Å². The van der Waals surface area contributed by atoms with Crippen LogP contribution in [-0.4, -0.2) is 70.2 Å². The number of imidazole rings is 1. The summed E-state index contributed by atoms with van der Waals surface area (Å²) in [5.41, 5.74) is 2.92. The first-order valence-electron chi connectivity index (χ1n) is 12.9. The molecule has 0 aliphatic carbocycles. The van der Waals surface area contributed by atoms with Crippen molar-refractivity contribution >= 4 is 17.3 Å². The Morgan fingerprint density at radius 2 is 1.69 bits per heavy atom. The van der Waals surface area contributed by atoms with Crippen LogP contribution in [0.5, 0.6) is 0 Å². The van der Waals surface area contributed by atoms with Crippen LogP contribution in [0.25, 0.3) is 11.3 Å². The van der Waals surface area contributed by atoms with Gasteiger partial charge in [-0.25, -0.2) is 19.3 Å². The largest absolute Gasteiger partial charge is 0.377 e. The van der Waals surface area contributed by atoms with E-state index in [4.69, 9.17) is 4.98 Å². The Morgan fingerprint density at radius 3 is 2.49 bits per heavy atom. The molecule has 3 aromatic rings. The van der Waals surface area contributed by atoms with Gasteiger partial charge in [0.1, 0.15) is 23.7 Å². The summed E-state index contributed by atoms with van der Waals surface area (Å²) in [7, 11) is 0. The highest BCUT2D eigenvalue weighted by molar-refractivity contribution is 5.79. The number of halogens is 1. The lowest BCUT2D eigenvalue weighted by Crippen LogP contribution is -2.36. The Balaban J connectivity index is 1.21. The summed E-state index contributed by atoms with van der Waals surface area (Å²) < 4.78 is 15.9. The lowest BCUT2D eigenvalue weighted by atomic mass is 9.95. The summed E-state index contributed by atoms with van der Waals surface area (Å²) in [4.78, 5) is 19.0. The second kappa shape index (κ2) is 9.81. The third-order valence-electron chi connectivity index (χ3n) is 7.51. The highest BCUT2D eigenvalue weighted by atomic mass is 19.1. The van der Waals surface area contributed by atoms with Crippen LogP contribution in [-0.2, 0) is 6.54 Å². The van der Waals surface area contributed by atoms with Gasteiger partial charge in [-0.05, 0) is 63.0 Å². The third kappa shape index (κ3) is 4.69. The van der Waals surface area contributed by atoms with E-state index in [0.717, 1.165) is 86.5 Å². The first kappa shape index (κ1) is 22.3. The van der Waals surface area contributed by atoms with Crippen molar-refractivity contribution in [2.45, 2.75) is 38.1 Å². The molecule has 6 rings (SSSR count). The highest BCUT2D eigenvalue weighted by Gasteiger charge is 2.28. The van der Waals surface area contributed by atoms with E-state index in [1.165, 1.54) is 38.1 Å². The Labute approximate surface area is 205 Å². The fourth-order valence-corrected chi connectivity index (χ4v) is 5.58. The number of benzene rings is 1. The predicted octanol–water partition coefficient (Wildman–Crippen LogP) is 3.80. The summed E-state index contributed by atoms with van der Waals surface area (Å²) in [6, 6.07) is 6.69. The zero-order valence-electron chi connectivity index (χ0n) is 20.1. The molecule has 2 N–H and O–H groups in total. The van der Waals surface area contributed by atoms with Crippen LogP contribution in [0.3, 0.4) is 0 Å². The number of hydrogen-bond acceptors (Lipinski definition) is 7. The van der Waals surface area contributed by atoms with E-state index in [1.807, 2.05) is 12.1 Å². The summed E-state index contributed by atoms with van der Waals surface area (Å²) in [5, 5.41) is 6.83. The minimum atomic E-state index is -0.216. The summed E-state index contributed by atoms with van der Waals surface area (Å²) >= 11 is 0. The van der Waals surface area contributed by atoms with Crippen LogP contribution >= 0.6 is 0 Å². The normalized spacial score (nSPS) is 18.8. The maximum absolute atomic E-state index is 13.5. The second-order valence-electron chi connectivity index (χ2n) is 9.77. The Bertz CT molecular complexity index is 1150. The van der Waals surface area contributed by atoms with Crippen molar-refractivity contribution in [1.82, 2.24) is 24.4 Å². The van der Waals surface area contributed by atoms with E-state index in [0.29, 0.717) is 5.92 Å². The molecule has 0 bridgehead atoms. The van der Waals surface area contributed by atoms with Gasteiger partial charge in [0.05, 0.1) is 5.69 Å². The first-order valence-corrected chi connectivity index (χ1v) is 12.9. The minimum Gasteiger partial charge on any atom is -0.377 e. The summed E-state index contributed by atoms with van der Waals surface area (Å²) in [6.45, 7) is 8.00. The predicted molar refractivity (Wildman–Crippen MR) is 136 cm³/mol.